The Hall–Kier alpha value is -0.850. The summed E-state index contributed by atoms with van der Waals surface area (Å²) in [5, 5.41) is 16.9. The first-order chi connectivity index (χ1) is 6.24. The van der Waals surface area contributed by atoms with Crippen LogP contribution in [0.5, 0.6) is 0 Å². The van der Waals surface area contributed by atoms with Gasteiger partial charge in [-0.05, 0) is 0 Å². The zero-order valence-corrected chi connectivity index (χ0v) is 9.69. The predicted molar refractivity (Wildman–Crippen MR) is 47.9 cm³/mol. The minimum Gasteiger partial charge on any atom is -1.00 e. The highest BCUT2D eigenvalue weighted by Crippen LogP contribution is 1.96. The van der Waals surface area contributed by atoms with Crippen molar-refractivity contribution in [3.05, 3.63) is 0 Å². The quantitative estimate of drug-likeness (QED) is 0.369. The number of carboxylic acid groups (broad SMARTS) is 2. The highest BCUT2D eigenvalue weighted by atomic mass is 35.5. The molecule has 0 spiro atoms. The van der Waals surface area contributed by atoms with Crippen LogP contribution < -0.4 is 12.4 Å². The maximum absolute atomic E-state index is 10.4. The molecule has 0 aromatic carbocycles. The van der Waals surface area contributed by atoms with E-state index in [0.29, 0.717) is 11.0 Å². The number of carbonyl (C=O) groups is 2. The van der Waals surface area contributed by atoms with E-state index in [1.165, 1.54) is 0 Å². The van der Waals surface area contributed by atoms with E-state index < -0.39 is 18.0 Å². The molecule has 0 rings (SSSR count). The number of rotatable bonds is 6. The van der Waals surface area contributed by atoms with Crippen molar-refractivity contribution in [3.63, 3.8) is 0 Å². The molecule has 0 atom stereocenters. The lowest BCUT2D eigenvalue weighted by Crippen LogP contribution is -3.00. The van der Waals surface area contributed by atoms with Gasteiger partial charge < -0.3 is 31.8 Å². The molecule has 0 aromatic rings. The molecule has 0 aliphatic heterocycles. The summed E-state index contributed by atoms with van der Waals surface area (Å²) in [5.74, 6) is -2.95. The Morgan fingerprint density at radius 2 is 1.60 bits per heavy atom. The van der Waals surface area contributed by atoms with Crippen molar-refractivity contribution < 1.29 is 41.4 Å². The van der Waals surface area contributed by atoms with E-state index in [2.05, 4.69) is 0 Å². The van der Waals surface area contributed by atoms with E-state index in [1.54, 1.807) is 0 Å². The van der Waals surface area contributed by atoms with E-state index in [1.807, 2.05) is 21.1 Å². The predicted octanol–water partition coefficient (Wildman–Crippen LogP) is -3.75. The van der Waals surface area contributed by atoms with E-state index in [9.17, 15) is 9.59 Å². The summed E-state index contributed by atoms with van der Waals surface area (Å²) >= 11 is 0. The lowest BCUT2D eigenvalue weighted by Gasteiger charge is -2.23. The van der Waals surface area contributed by atoms with Crippen LogP contribution >= 0.6 is 0 Å². The van der Waals surface area contributed by atoms with Gasteiger partial charge in [0.25, 0.3) is 6.10 Å². The third-order valence-electron chi connectivity index (χ3n) is 1.50. The van der Waals surface area contributed by atoms with Gasteiger partial charge in [-0.1, -0.05) is 0 Å². The van der Waals surface area contributed by atoms with Gasteiger partial charge in [-0.3, -0.25) is 0 Å². The summed E-state index contributed by atoms with van der Waals surface area (Å²) < 4.78 is 5.32. The van der Waals surface area contributed by atoms with Crippen molar-refractivity contribution >= 4 is 11.9 Å². The number of hydrogen-bond acceptors (Lipinski definition) is 3. The first kappa shape index (κ1) is 16.6. The number of nitrogens with zero attached hydrogens (tertiary/aromatic N) is 1. The van der Waals surface area contributed by atoms with Crippen LogP contribution in [0.1, 0.15) is 0 Å². The minimum absolute atomic E-state index is 0. The number of aliphatic carboxylic acids is 2. The van der Waals surface area contributed by atoms with E-state index in [4.69, 9.17) is 14.9 Å². The Kier molecular flexibility index (Phi) is 7.29. The third-order valence-corrected chi connectivity index (χ3v) is 1.50. The summed E-state index contributed by atoms with van der Waals surface area (Å²) in [5.41, 5.74) is 0. The van der Waals surface area contributed by atoms with Crippen LogP contribution in [0, 0.1) is 0 Å². The molecule has 0 bridgehead atoms. The second-order valence-electron chi connectivity index (χ2n) is 3.94. The van der Waals surface area contributed by atoms with Crippen LogP contribution in [-0.2, 0) is 14.3 Å². The van der Waals surface area contributed by atoms with E-state index in [-0.39, 0.29) is 19.0 Å². The Labute approximate surface area is 94.4 Å². The molecule has 0 aromatic heterocycles. The molecule has 0 saturated carbocycles. The van der Waals surface area contributed by atoms with Gasteiger partial charge in [0.1, 0.15) is 6.54 Å². The molecule has 0 fully saturated rings. The second-order valence-corrected chi connectivity index (χ2v) is 3.94. The van der Waals surface area contributed by atoms with Crippen molar-refractivity contribution in [3.8, 4) is 0 Å². The Morgan fingerprint density at radius 1 is 1.20 bits per heavy atom. The SMILES string of the molecule is C[N+](C)(C)CCOC(C(=O)O)C(=O)O.[Cl-]. The molecule has 15 heavy (non-hydrogen) atoms. The van der Waals surface area contributed by atoms with Gasteiger partial charge >= 0.3 is 11.9 Å². The van der Waals surface area contributed by atoms with Gasteiger partial charge in [0.05, 0.1) is 27.7 Å². The van der Waals surface area contributed by atoms with Gasteiger partial charge in [-0.2, -0.15) is 0 Å². The summed E-state index contributed by atoms with van der Waals surface area (Å²) in [6.45, 7) is 0.657. The Morgan fingerprint density at radius 3 is 1.87 bits per heavy atom. The summed E-state index contributed by atoms with van der Waals surface area (Å²) in [6, 6.07) is 0. The normalized spacial score (nSPS) is 10.9. The fourth-order valence-electron chi connectivity index (χ4n) is 0.693. The lowest BCUT2D eigenvalue weighted by molar-refractivity contribution is -0.870. The molecule has 2 N–H and O–H groups in total. The third kappa shape index (κ3) is 8.17. The van der Waals surface area contributed by atoms with Crippen LogP contribution in [-0.4, -0.2) is 67.0 Å². The molecule has 0 saturated heterocycles. The van der Waals surface area contributed by atoms with Gasteiger partial charge in [0.15, 0.2) is 0 Å². The van der Waals surface area contributed by atoms with Crippen molar-refractivity contribution in [2.45, 2.75) is 6.10 Å². The zero-order valence-electron chi connectivity index (χ0n) is 8.94. The number of ether oxygens (including phenoxy) is 1. The molecule has 6 nitrogen and oxygen atoms in total. The maximum Gasteiger partial charge on any atom is 0.344 e. The van der Waals surface area contributed by atoms with Gasteiger partial charge in [-0.15, -0.1) is 0 Å². The number of halogens is 1. The number of likely N-dealkylation sites (N-methyl/N-ethyl adjacent to an activating group) is 1. The highest BCUT2D eigenvalue weighted by molar-refractivity contribution is 5.95. The Balaban J connectivity index is 0. The lowest BCUT2D eigenvalue weighted by atomic mass is 10.3. The van der Waals surface area contributed by atoms with E-state index >= 15 is 0 Å². The first-order valence-electron chi connectivity index (χ1n) is 4.12. The largest absolute Gasteiger partial charge is 1.00 e. The van der Waals surface area contributed by atoms with Crippen LogP contribution in [0.3, 0.4) is 0 Å². The van der Waals surface area contributed by atoms with Gasteiger partial charge in [0.2, 0.25) is 0 Å². The van der Waals surface area contributed by atoms with Gasteiger partial charge in [0, 0.05) is 0 Å². The number of quaternary nitrogens is 1. The van der Waals surface area contributed by atoms with Crippen molar-refractivity contribution in [1.82, 2.24) is 0 Å². The standard InChI is InChI=1S/C8H15NO5.ClH/c1-9(2,3)4-5-14-6(7(10)11)8(12)13;/h6H,4-5H2,1-3H3,(H-,10,11,12,13);1H. The average molecular weight is 242 g/mol. The smallest absolute Gasteiger partial charge is 0.344 e. The fraction of sp³-hybridized carbons (Fsp3) is 0.750. The molecule has 0 aliphatic rings. The maximum atomic E-state index is 10.4. The monoisotopic (exact) mass is 241 g/mol. The van der Waals surface area contributed by atoms with Crippen LogP contribution in [0.2, 0.25) is 0 Å². The van der Waals surface area contributed by atoms with Crippen molar-refractivity contribution in [2.75, 3.05) is 34.3 Å². The molecule has 0 heterocycles. The zero-order chi connectivity index (χ0) is 11.4. The number of carboxylic acids is 2. The highest BCUT2D eigenvalue weighted by Gasteiger charge is 2.27. The molecule has 0 amide bonds. The molecular weight excluding hydrogens is 226 g/mol. The summed E-state index contributed by atoms with van der Waals surface area (Å²) in [6.07, 6.45) is -1.76. The van der Waals surface area contributed by atoms with Crippen LogP contribution in [0.25, 0.3) is 0 Å². The van der Waals surface area contributed by atoms with Crippen LogP contribution in [0.15, 0.2) is 0 Å². The minimum atomic E-state index is -1.76. The molecule has 0 aliphatic carbocycles. The number of hydrogen-bond donors (Lipinski definition) is 2. The average Bonchev–Trinajstić information content (AvgIpc) is 1.94. The Bertz CT molecular complexity index is 212. The van der Waals surface area contributed by atoms with Crippen LogP contribution in [0.4, 0.5) is 0 Å². The molecule has 90 valence electrons. The molecule has 7 heteroatoms. The second kappa shape index (κ2) is 6.60. The summed E-state index contributed by atoms with van der Waals surface area (Å²) in [7, 11) is 5.71. The summed E-state index contributed by atoms with van der Waals surface area (Å²) in [4.78, 5) is 20.8. The molecule has 0 unspecified atom stereocenters. The first-order valence-corrected chi connectivity index (χ1v) is 4.12. The molecule has 0 radical (unpaired) electrons. The van der Waals surface area contributed by atoms with Gasteiger partial charge in [-0.25, -0.2) is 9.59 Å². The van der Waals surface area contributed by atoms with Crippen molar-refractivity contribution in [1.29, 1.82) is 0 Å². The topological polar surface area (TPSA) is 83.8 Å². The fourth-order valence-corrected chi connectivity index (χ4v) is 0.693. The van der Waals surface area contributed by atoms with E-state index in [0.717, 1.165) is 0 Å². The van der Waals surface area contributed by atoms with Crippen molar-refractivity contribution in [2.24, 2.45) is 0 Å². The molecular formula is C8H16ClNO5.